The Morgan fingerprint density at radius 2 is 1.89 bits per heavy atom. The van der Waals surface area contributed by atoms with Crippen LogP contribution in [0.5, 0.6) is 0 Å². The molecule has 1 heterocycles. The van der Waals surface area contributed by atoms with Gasteiger partial charge in [-0.15, -0.1) is 0 Å². The molecule has 0 aliphatic carbocycles. The Morgan fingerprint density at radius 3 is 2.58 bits per heavy atom. The fourth-order valence-electron chi connectivity index (χ4n) is 1.34. The molecule has 1 amide bonds. The van der Waals surface area contributed by atoms with Crippen molar-refractivity contribution in [1.82, 2.24) is 9.97 Å². The van der Waals surface area contributed by atoms with E-state index in [4.69, 9.17) is 17.3 Å². The Bertz CT molecular complexity index is 651. The second-order valence-electron chi connectivity index (χ2n) is 3.53. The number of halogens is 3. The molecule has 0 bridgehead atoms. The van der Waals surface area contributed by atoms with Gasteiger partial charge in [0, 0.05) is 17.8 Å². The predicted octanol–water partition coefficient (Wildman–Crippen LogP) is 2.24. The van der Waals surface area contributed by atoms with E-state index in [1.807, 2.05) is 0 Å². The number of nitrogen functional groups attached to an aromatic ring is 1. The topological polar surface area (TPSA) is 80.9 Å². The van der Waals surface area contributed by atoms with Gasteiger partial charge in [-0.1, -0.05) is 11.6 Å². The Hall–Kier alpha value is -2.28. The quantitative estimate of drug-likeness (QED) is 0.654. The molecule has 0 saturated carbocycles. The molecular formula is C11H7ClF2N4O. The third-order valence-electron chi connectivity index (χ3n) is 2.21. The van der Waals surface area contributed by atoms with Crippen molar-refractivity contribution in [3.63, 3.8) is 0 Å². The highest BCUT2D eigenvalue weighted by Crippen LogP contribution is 2.18. The third kappa shape index (κ3) is 2.94. The van der Waals surface area contributed by atoms with Gasteiger partial charge in [-0.3, -0.25) is 4.79 Å². The van der Waals surface area contributed by atoms with E-state index in [0.29, 0.717) is 6.07 Å². The highest BCUT2D eigenvalue weighted by Gasteiger charge is 2.15. The van der Waals surface area contributed by atoms with Gasteiger partial charge >= 0.3 is 0 Å². The summed E-state index contributed by atoms with van der Waals surface area (Å²) in [6.45, 7) is 0. The van der Waals surface area contributed by atoms with E-state index in [-0.39, 0.29) is 22.2 Å². The van der Waals surface area contributed by atoms with Crippen LogP contribution in [0.2, 0.25) is 5.15 Å². The molecule has 0 radical (unpaired) electrons. The van der Waals surface area contributed by atoms with Crippen LogP contribution in [0.1, 0.15) is 10.4 Å². The fourth-order valence-corrected chi connectivity index (χ4v) is 1.49. The maximum Gasteiger partial charge on any atom is 0.259 e. The van der Waals surface area contributed by atoms with Gasteiger partial charge in [-0.25, -0.2) is 18.7 Å². The molecule has 0 aliphatic rings. The van der Waals surface area contributed by atoms with Crippen molar-refractivity contribution in [1.29, 1.82) is 0 Å². The second kappa shape index (κ2) is 5.15. The van der Waals surface area contributed by atoms with Crippen molar-refractivity contribution >= 4 is 29.0 Å². The normalized spacial score (nSPS) is 10.3. The molecule has 98 valence electrons. The molecule has 3 N–H and O–H groups in total. The molecular weight excluding hydrogens is 278 g/mol. The number of benzene rings is 1. The maximum absolute atomic E-state index is 13.1. The first kappa shape index (κ1) is 13.2. The van der Waals surface area contributed by atoms with Crippen molar-refractivity contribution in [2.24, 2.45) is 0 Å². The van der Waals surface area contributed by atoms with Crippen LogP contribution in [0.3, 0.4) is 0 Å². The highest BCUT2D eigenvalue weighted by molar-refractivity contribution is 6.29. The van der Waals surface area contributed by atoms with Crippen LogP contribution in [0.4, 0.5) is 20.3 Å². The molecule has 0 atom stereocenters. The van der Waals surface area contributed by atoms with Gasteiger partial charge in [0.15, 0.2) is 11.6 Å². The van der Waals surface area contributed by atoms with E-state index >= 15 is 0 Å². The zero-order valence-electron chi connectivity index (χ0n) is 9.32. The Balaban J connectivity index is 2.28. The lowest BCUT2D eigenvalue weighted by Crippen LogP contribution is -2.15. The van der Waals surface area contributed by atoms with Crippen LogP contribution in [-0.4, -0.2) is 15.9 Å². The summed E-state index contributed by atoms with van der Waals surface area (Å²) in [7, 11) is 0. The van der Waals surface area contributed by atoms with Gasteiger partial charge < -0.3 is 11.1 Å². The van der Waals surface area contributed by atoms with E-state index in [0.717, 1.165) is 12.4 Å². The second-order valence-corrected chi connectivity index (χ2v) is 3.92. The number of nitrogens with one attached hydrogen (secondary N) is 1. The number of rotatable bonds is 2. The van der Waals surface area contributed by atoms with E-state index in [2.05, 4.69) is 15.3 Å². The van der Waals surface area contributed by atoms with Gasteiger partial charge in [0.25, 0.3) is 5.91 Å². The average Bonchev–Trinajstić information content (AvgIpc) is 2.33. The Labute approximate surface area is 111 Å². The molecule has 1 aromatic carbocycles. The molecule has 0 aliphatic heterocycles. The van der Waals surface area contributed by atoms with Crippen LogP contribution in [0.15, 0.2) is 24.5 Å². The fraction of sp³-hybridized carbons (Fsp3) is 0. The van der Waals surface area contributed by atoms with Crippen molar-refractivity contribution in [2.45, 2.75) is 0 Å². The van der Waals surface area contributed by atoms with Gasteiger partial charge in [0.1, 0.15) is 17.3 Å². The monoisotopic (exact) mass is 284 g/mol. The molecule has 0 saturated heterocycles. The van der Waals surface area contributed by atoms with E-state index in [1.165, 1.54) is 6.07 Å². The number of nitrogens with two attached hydrogens (primary N) is 1. The van der Waals surface area contributed by atoms with Crippen LogP contribution >= 0.6 is 11.6 Å². The number of aromatic nitrogens is 2. The van der Waals surface area contributed by atoms with E-state index in [1.54, 1.807) is 0 Å². The number of carbonyl (C=O) groups excluding carboxylic acids is 1. The first-order valence-corrected chi connectivity index (χ1v) is 5.38. The first-order valence-electron chi connectivity index (χ1n) is 5.01. The molecule has 5 nitrogen and oxygen atoms in total. The predicted molar refractivity (Wildman–Crippen MR) is 65.8 cm³/mol. The van der Waals surface area contributed by atoms with Crippen molar-refractivity contribution < 1.29 is 13.6 Å². The number of anilines is 2. The zero-order valence-corrected chi connectivity index (χ0v) is 10.1. The van der Waals surface area contributed by atoms with E-state index < -0.39 is 17.5 Å². The summed E-state index contributed by atoms with van der Waals surface area (Å²) < 4.78 is 25.9. The van der Waals surface area contributed by atoms with Gasteiger partial charge in [-0.2, -0.15) is 0 Å². The molecule has 0 spiro atoms. The molecule has 1 aromatic heterocycles. The molecule has 0 unspecified atom stereocenters. The lowest BCUT2D eigenvalue weighted by molar-refractivity contribution is 0.102. The minimum absolute atomic E-state index is 0.120. The lowest BCUT2D eigenvalue weighted by atomic mass is 10.1. The molecule has 2 rings (SSSR count). The van der Waals surface area contributed by atoms with Crippen LogP contribution < -0.4 is 11.1 Å². The summed E-state index contributed by atoms with van der Waals surface area (Å²) >= 11 is 5.61. The number of carbonyl (C=O) groups is 1. The number of hydrogen-bond acceptors (Lipinski definition) is 4. The molecule has 19 heavy (non-hydrogen) atoms. The van der Waals surface area contributed by atoms with Gasteiger partial charge in [-0.05, 0) is 6.07 Å². The van der Waals surface area contributed by atoms with Gasteiger partial charge in [0.2, 0.25) is 0 Å². The number of amides is 1. The summed E-state index contributed by atoms with van der Waals surface area (Å²) in [5, 5.41) is 2.47. The molecule has 0 fully saturated rings. The lowest BCUT2D eigenvalue weighted by Gasteiger charge is -2.07. The summed E-state index contributed by atoms with van der Waals surface area (Å²) in [4.78, 5) is 19.2. The van der Waals surface area contributed by atoms with Crippen molar-refractivity contribution in [2.75, 3.05) is 11.1 Å². The summed E-state index contributed by atoms with van der Waals surface area (Å²) in [6, 6.07) is 2.75. The summed E-state index contributed by atoms with van der Waals surface area (Å²) in [5.74, 6) is -2.90. The minimum Gasteiger partial charge on any atom is -0.398 e. The highest BCUT2D eigenvalue weighted by atomic mass is 35.5. The molecule has 8 heteroatoms. The van der Waals surface area contributed by atoms with Crippen LogP contribution in [0, 0.1) is 11.6 Å². The van der Waals surface area contributed by atoms with Crippen molar-refractivity contribution in [3.05, 3.63) is 46.9 Å². The average molecular weight is 285 g/mol. The Kier molecular flexibility index (Phi) is 3.57. The van der Waals surface area contributed by atoms with Gasteiger partial charge in [0.05, 0.1) is 5.56 Å². The summed E-state index contributed by atoms with van der Waals surface area (Å²) in [5.41, 5.74) is 5.06. The molecule has 2 aromatic rings. The van der Waals surface area contributed by atoms with Crippen LogP contribution in [0.25, 0.3) is 0 Å². The SMILES string of the molecule is Nc1cc(F)c(F)cc1C(=O)Nc1cc(Cl)ncn1. The summed E-state index contributed by atoms with van der Waals surface area (Å²) in [6.07, 6.45) is 1.15. The minimum atomic E-state index is -1.17. The number of hydrogen-bond donors (Lipinski definition) is 2. The Morgan fingerprint density at radius 1 is 1.21 bits per heavy atom. The smallest absolute Gasteiger partial charge is 0.259 e. The van der Waals surface area contributed by atoms with Crippen molar-refractivity contribution in [3.8, 4) is 0 Å². The zero-order chi connectivity index (χ0) is 14.0. The maximum atomic E-state index is 13.1. The van der Waals surface area contributed by atoms with Crippen LogP contribution in [-0.2, 0) is 0 Å². The third-order valence-corrected chi connectivity index (χ3v) is 2.42. The standard InChI is InChI=1S/C11H7ClF2N4O/c12-9-3-10(17-4-16-9)18-11(19)5-1-6(13)7(14)2-8(5)15/h1-4H,15H2,(H,16,17,18,19). The first-order chi connectivity index (χ1) is 8.97. The van der Waals surface area contributed by atoms with E-state index in [9.17, 15) is 13.6 Å². The number of nitrogens with zero attached hydrogens (tertiary/aromatic N) is 2. The largest absolute Gasteiger partial charge is 0.398 e.